The second kappa shape index (κ2) is 5.79. The first-order valence-electron chi connectivity index (χ1n) is 5.99. The van der Waals surface area contributed by atoms with Gasteiger partial charge in [-0.2, -0.15) is 4.98 Å². The van der Waals surface area contributed by atoms with Gasteiger partial charge < -0.3 is 14.6 Å². The number of aromatic nitrogens is 2. The van der Waals surface area contributed by atoms with Gasteiger partial charge in [-0.05, 0) is 39.1 Å². The van der Waals surface area contributed by atoms with E-state index in [1.807, 2.05) is 6.92 Å². The zero-order valence-corrected chi connectivity index (χ0v) is 11.1. The molecule has 0 aliphatic rings. The SMILES string of the molecule is CNC(C)c1cc(F)ccc1OCc1nc(C)no1. The van der Waals surface area contributed by atoms with Gasteiger partial charge in [0.2, 0.25) is 0 Å². The fourth-order valence-corrected chi connectivity index (χ4v) is 1.68. The van der Waals surface area contributed by atoms with Crippen molar-refractivity contribution in [2.45, 2.75) is 26.5 Å². The molecule has 0 amide bonds. The first-order valence-corrected chi connectivity index (χ1v) is 5.99. The first-order chi connectivity index (χ1) is 9.10. The molecule has 1 unspecified atom stereocenters. The number of hydrogen-bond acceptors (Lipinski definition) is 5. The highest BCUT2D eigenvalue weighted by molar-refractivity contribution is 5.36. The summed E-state index contributed by atoms with van der Waals surface area (Å²) in [4.78, 5) is 4.05. The Labute approximate surface area is 110 Å². The van der Waals surface area contributed by atoms with E-state index in [-0.39, 0.29) is 18.5 Å². The molecule has 0 radical (unpaired) electrons. The second-order valence-electron chi connectivity index (χ2n) is 4.22. The van der Waals surface area contributed by atoms with E-state index >= 15 is 0 Å². The fraction of sp³-hybridized carbons (Fsp3) is 0.385. The Balaban J connectivity index is 2.15. The maximum atomic E-state index is 13.3. The van der Waals surface area contributed by atoms with Gasteiger partial charge in [0.1, 0.15) is 11.6 Å². The summed E-state index contributed by atoms with van der Waals surface area (Å²) >= 11 is 0. The molecule has 2 rings (SSSR count). The van der Waals surface area contributed by atoms with E-state index in [1.165, 1.54) is 12.1 Å². The molecule has 0 spiro atoms. The van der Waals surface area contributed by atoms with E-state index in [0.29, 0.717) is 17.5 Å². The molecular weight excluding hydrogens is 249 g/mol. The largest absolute Gasteiger partial charge is 0.483 e. The highest BCUT2D eigenvalue weighted by atomic mass is 19.1. The van der Waals surface area contributed by atoms with Crippen molar-refractivity contribution in [1.82, 2.24) is 15.5 Å². The highest BCUT2D eigenvalue weighted by Gasteiger charge is 2.13. The van der Waals surface area contributed by atoms with Crippen LogP contribution in [-0.4, -0.2) is 17.2 Å². The van der Waals surface area contributed by atoms with Crippen LogP contribution in [0.25, 0.3) is 0 Å². The molecule has 0 aliphatic carbocycles. The highest BCUT2D eigenvalue weighted by Crippen LogP contribution is 2.26. The second-order valence-corrected chi connectivity index (χ2v) is 4.22. The van der Waals surface area contributed by atoms with Crippen LogP contribution in [0, 0.1) is 12.7 Å². The van der Waals surface area contributed by atoms with Gasteiger partial charge in [-0.3, -0.25) is 0 Å². The minimum atomic E-state index is -0.293. The van der Waals surface area contributed by atoms with Gasteiger partial charge in [-0.15, -0.1) is 0 Å². The molecule has 0 aliphatic heterocycles. The molecule has 1 atom stereocenters. The Morgan fingerprint density at radius 2 is 2.26 bits per heavy atom. The molecule has 1 aromatic heterocycles. The van der Waals surface area contributed by atoms with E-state index in [4.69, 9.17) is 9.26 Å². The van der Waals surface area contributed by atoms with Crippen molar-refractivity contribution in [3.63, 3.8) is 0 Å². The zero-order chi connectivity index (χ0) is 13.8. The lowest BCUT2D eigenvalue weighted by Gasteiger charge is -2.15. The van der Waals surface area contributed by atoms with Crippen LogP contribution in [0.1, 0.15) is 30.2 Å². The lowest BCUT2D eigenvalue weighted by atomic mass is 10.1. The van der Waals surface area contributed by atoms with Crippen LogP contribution in [0.5, 0.6) is 5.75 Å². The Morgan fingerprint density at radius 3 is 2.89 bits per heavy atom. The standard InChI is InChI=1S/C13H16FN3O2/c1-8(15-3)11-6-10(14)4-5-12(11)18-7-13-16-9(2)17-19-13/h4-6,8,15H,7H2,1-3H3. The zero-order valence-electron chi connectivity index (χ0n) is 11.1. The topological polar surface area (TPSA) is 60.2 Å². The fourth-order valence-electron chi connectivity index (χ4n) is 1.68. The first kappa shape index (κ1) is 13.5. The lowest BCUT2D eigenvalue weighted by molar-refractivity contribution is 0.239. The smallest absolute Gasteiger partial charge is 0.264 e. The van der Waals surface area contributed by atoms with Crippen LogP contribution in [0.3, 0.4) is 0 Å². The summed E-state index contributed by atoms with van der Waals surface area (Å²) in [6, 6.07) is 4.40. The molecule has 1 aromatic carbocycles. The molecule has 0 fully saturated rings. The number of hydrogen-bond donors (Lipinski definition) is 1. The number of benzene rings is 1. The maximum Gasteiger partial charge on any atom is 0.264 e. The Kier molecular flexibility index (Phi) is 4.11. The van der Waals surface area contributed by atoms with Crippen LogP contribution >= 0.6 is 0 Å². The Hall–Kier alpha value is -1.95. The third kappa shape index (κ3) is 3.29. The van der Waals surface area contributed by atoms with E-state index in [9.17, 15) is 4.39 Å². The van der Waals surface area contributed by atoms with E-state index in [0.717, 1.165) is 5.56 Å². The minimum Gasteiger partial charge on any atom is -0.483 e. The van der Waals surface area contributed by atoms with Crippen molar-refractivity contribution in [1.29, 1.82) is 0 Å². The normalized spacial score (nSPS) is 12.4. The molecule has 1 N–H and O–H groups in total. The van der Waals surface area contributed by atoms with Crippen LogP contribution in [0.4, 0.5) is 4.39 Å². The maximum absolute atomic E-state index is 13.3. The molecule has 102 valence electrons. The molecule has 19 heavy (non-hydrogen) atoms. The van der Waals surface area contributed by atoms with Crippen molar-refractivity contribution in [2.75, 3.05) is 7.05 Å². The van der Waals surface area contributed by atoms with Gasteiger partial charge >= 0.3 is 0 Å². The van der Waals surface area contributed by atoms with Crippen LogP contribution in [0.15, 0.2) is 22.7 Å². The third-order valence-electron chi connectivity index (χ3n) is 2.79. The molecule has 5 nitrogen and oxygen atoms in total. The van der Waals surface area contributed by atoms with Crippen LogP contribution in [0.2, 0.25) is 0 Å². The number of rotatable bonds is 5. The number of nitrogens with one attached hydrogen (secondary N) is 1. The molecular formula is C13H16FN3O2. The van der Waals surface area contributed by atoms with Gasteiger partial charge in [0.15, 0.2) is 12.4 Å². The van der Waals surface area contributed by atoms with Gasteiger partial charge in [0, 0.05) is 11.6 Å². The lowest BCUT2D eigenvalue weighted by Crippen LogP contribution is -2.14. The van der Waals surface area contributed by atoms with Crippen LogP contribution < -0.4 is 10.1 Å². The Morgan fingerprint density at radius 1 is 1.47 bits per heavy atom. The van der Waals surface area contributed by atoms with Gasteiger partial charge in [0.05, 0.1) is 0 Å². The minimum absolute atomic E-state index is 0.0184. The summed E-state index contributed by atoms with van der Waals surface area (Å²) in [7, 11) is 1.81. The summed E-state index contributed by atoms with van der Waals surface area (Å²) in [6.45, 7) is 3.83. The van der Waals surface area contributed by atoms with Crippen molar-refractivity contribution in [3.8, 4) is 5.75 Å². The average Bonchev–Trinajstić information content (AvgIpc) is 2.82. The summed E-state index contributed by atoms with van der Waals surface area (Å²) in [6.07, 6.45) is 0. The summed E-state index contributed by atoms with van der Waals surface area (Å²) in [5.74, 6) is 1.25. The molecule has 2 aromatic rings. The summed E-state index contributed by atoms with van der Waals surface area (Å²) in [5.41, 5.74) is 0.749. The molecule has 0 saturated heterocycles. The summed E-state index contributed by atoms with van der Waals surface area (Å²) in [5, 5.41) is 6.73. The van der Waals surface area contributed by atoms with Gasteiger partial charge in [-0.1, -0.05) is 5.16 Å². The molecule has 1 heterocycles. The van der Waals surface area contributed by atoms with Crippen molar-refractivity contribution in [2.24, 2.45) is 0 Å². The summed E-state index contributed by atoms with van der Waals surface area (Å²) < 4.78 is 23.9. The van der Waals surface area contributed by atoms with E-state index < -0.39 is 0 Å². The monoisotopic (exact) mass is 265 g/mol. The average molecular weight is 265 g/mol. The third-order valence-corrected chi connectivity index (χ3v) is 2.79. The van der Waals surface area contributed by atoms with Crippen molar-refractivity contribution >= 4 is 0 Å². The molecule has 0 saturated carbocycles. The predicted molar refractivity (Wildman–Crippen MR) is 67.2 cm³/mol. The number of aryl methyl sites for hydroxylation is 1. The van der Waals surface area contributed by atoms with Crippen molar-refractivity contribution < 1.29 is 13.7 Å². The van der Waals surface area contributed by atoms with Gasteiger partial charge in [-0.25, -0.2) is 4.39 Å². The number of halogens is 1. The van der Waals surface area contributed by atoms with Gasteiger partial charge in [0.25, 0.3) is 5.89 Å². The quantitative estimate of drug-likeness (QED) is 0.899. The molecule has 0 bridgehead atoms. The van der Waals surface area contributed by atoms with E-state index in [2.05, 4.69) is 15.5 Å². The Bertz CT molecular complexity index is 557. The van der Waals surface area contributed by atoms with E-state index in [1.54, 1.807) is 20.0 Å². The van der Waals surface area contributed by atoms with Crippen molar-refractivity contribution in [3.05, 3.63) is 41.3 Å². The number of ether oxygens (including phenoxy) is 1. The predicted octanol–water partition coefficient (Wildman–Crippen LogP) is 2.38. The number of nitrogens with zero attached hydrogens (tertiary/aromatic N) is 2. The molecule has 6 heteroatoms. The van der Waals surface area contributed by atoms with Crippen LogP contribution in [-0.2, 0) is 6.61 Å².